The van der Waals surface area contributed by atoms with Crippen molar-refractivity contribution < 1.29 is 14.3 Å². The summed E-state index contributed by atoms with van der Waals surface area (Å²) in [6, 6.07) is 6.00. The summed E-state index contributed by atoms with van der Waals surface area (Å²) >= 11 is 0. The third kappa shape index (κ3) is 1.77. The van der Waals surface area contributed by atoms with E-state index in [0.29, 0.717) is 0 Å². The van der Waals surface area contributed by atoms with Crippen LogP contribution in [0.15, 0.2) is 42.2 Å². The van der Waals surface area contributed by atoms with Gasteiger partial charge in [-0.1, -0.05) is 24.3 Å². The molecule has 2 fully saturated rings. The van der Waals surface area contributed by atoms with Crippen LogP contribution in [0.4, 0.5) is 0 Å². The minimum Gasteiger partial charge on any atom is -0.493 e. The van der Waals surface area contributed by atoms with Crippen molar-refractivity contribution in [2.24, 2.45) is 11.8 Å². The topological polar surface area (TPSA) is 38.8 Å². The molecule has 1 amide bonds. The molecule has 1 saturated heterocycles. The number of benzene rings is 1. The number of allylic oxidation sites excluding steroid dienone is 3. The maximum atomic E-state index is 13.2. The Bertz CT molecular complexity index is 777. The van der Waals surface area contributed by atoms with Gasteiger partial charge in [-0.15, -0.1) is 0 Å². The molecule has 1 spiro atoms. The highest BCUT2D eigenvalue weighted by Crippen LogP contribution is 2.58. The molecule has 124 valence electrons. The molecule has 1 aromatic carbocycles. The quantitative estimate of drug-likeness (QED) is 0.858. The summed E-state index contributed by atoms with van der Waals surface area (Å²) in [5.41, 5.74) is 0.748. The second-order valence-corrected chi connectivity index (χ2v) is 7.28. The summed E-state index contributed by atoms with van der Waals surface area (Å²) < 4.78 is 11.7. The Morgan fingerprint density at radius 3 is 3.04 bits per heavy atom. The zero-order valence-electron chi connectivity index (χ0n) is 13.8. The van der Waals surface area contributed by atoms with Crippen molar-refractivity contribution in [1.82, 2.24) is 4.90 Å². The number of rotatable bonds is 3. The Hall–Kier alpha value is -2.23. The van der Waals surface area contributed by atoms with Gasteiger partial charge >= 0.3 is 0 Å². The van der Waals surface area contributed by atoms with Gasteiger partial charge in [0.15, 0.2) is 11.5 Å². The minimum absolute atomic E-state index is 0.168. The summed E-state index contributed by atoms with van der Waals surface area (Å²) in [5, 5.41) is 0. The first kappa shape index (κ1) is 14.1. The predicted molar refractivity (Wildman–Crippen MR) is 89.9 cm³/mol. The molecule has 2 aliphatic heterocycles. The van der Waals surface area contributed by atoms with Crippen LogP contribution in [0.25, 0.3) is 0 Å². The predicted octanol–water partition coefficient (Wildman–Crippen LogP) is 3.04. The van der Waals surface area contributed by atoms with E-state index in [1.807, 2.05) is 24.3 Å². The van der Waals surface area contributed by atoms with Gasteiger partial charge in [0.2, 0.25) is 5.91 Å². The van der Waals surface area contributed by atoms with Crippen molar-refractivity contribution in [3.05, 3.63) is 47.7 Å². The first-order valence-electron chi connectivity index (χ1n) is 8.77. The Labute approximate surface area is 141 Å². The van der Waals surface area contributed by atoms with Crippen LogP contribution in [0.5, 0.6) is 11.5 Å². The number of piperidine rings is 1. The number of hydrogen-bond acceptors (Lipinski definition) is 3. The maximum Gasteiger partial charge on any atom is 0.230 e. The van der Waals surface area contributed by atoms with E-state index in [1.165, 1.54) is 12.8 Å². The lowest BCUT2D eigenvalue weighted by molar-refractivity contribution is -0.140. The van der Waals surface area contributed by atoms with Gasteiger partial charge in [-0.3, -0.25) is 4.79 Å². The van der Waals surface area contributed by atoms with Crippen LogP contribution in [0.1, 0.15) is 24.8 Å². The van der Waals surface area contributed by atoms with Crippen molar-refractivity contribution >= 4 is 5.91 Å². The number of carbonyl (C=O) groups excluding carboxylic acids is 1. The number of methoxy groups -OCH3 is 1. The molecular formula is C20H21NO3. The molecule has 2 heterocycles. The molecule has 0 radical (unpaired) electrons. The van der Waals surface area contributed by atoms with E-state index in [0.717, 1.165) is 48.2 Å². The van der Waals surface area contributed by atoms with Crippen molar-refractivity contribution in [2.75, 3.05) is 20.2 Å². The molecule has 0 N–H and O–H groups in total. The number of ether oxygens (including phenoxy) is 2. The van der Waals surface area contributed by atoms with Gasteiger partial charge in [0, 0.05) is 18.7 Å². The number of hydrogen-bond donors (Lipinski definition) is 0. The van der Waals surface area contributed by atoms with Gasteiger partial charge in [0.1, 0.15) is 5.76 Å². The molecule has 2 unspecified atom stereocenters. The van der Waals surface area contributed by atoms with E-state index in [-0.39, 0.29) is 17.2 Å². The number of carbonyl (C=O) groups is 1. The normalized spacial score (nSPS) is 30.2. The van der Waals surface area contributed by atoms with Gasteiger partial charge in [-0.25, -0.2) is 0 Å². The van der Waals surface area contributed by atoms with E-state index in [4.69, 9.17) is 9.47 Å². The second-order valence-electron chi connectivity index (χ2n) is 7.28. The number of likely N-dealkylation sites (tertiary alicyclic amines) is 1. The van der Waals surface area contributed by atoms with Crippen LogP contribution in [-0.2, 0) is 10.2 Å². The molecule has 0 aromatic heterocycles. The summed E-state index contributed by atoms with van der Waals surface area (Å²) in [6.45, 7) is 1.72. The molecule has 4 aliphatic rings. The number of para-hydroxylation sites is 1. The van der Waals surface area contributed by atoms with Gasteiger partial charge in [-0.2, -0.15) is 0 Å². The van der Waals surface area contributed by atoms with Crippen LogP contribution < -0.4 is 9.47 Å². The highest BCUT2D eigenvalue weighted by Gasteiger charge is 2.57. The van der Waals surface area contributed by atoms with Crippen molar-refractivity contribution in [2.45, 2.75) is 24.7 Å². The van der Waals surface area contributed by atoms with Gasteiger partial charge < -0.3 is 14.4 Å². The molecule has 4 nitrogen and oxygen atoms in total. The van der Waals surface area contributed by atoms with E-state index in [9.17, 15) is 4.79 Å². The van der Waals surface area contributed by atoms with Crippen molar-refractivity contribution in [1.29, 1.82) is 0 Å². The molecular weight excluding hydrogens is 302 g/mol. The summed E-state index contributed by atoms with van der Waals surface area (Å²) in [6.07, 6.45) is 9.48. The average Bonchev–Trinajstić information content (AvgIpc) is 3.36. The molecule has 5 rings (SSSR count). The molecule has 2 aliphatic carbocycles. The first-order valence-corrected chi connectivity index (χ1v) is 8.77. The second kappa shape index (κ2) is 4.88. The summed E-state index contributed by atoms with van der Waals surface area (Å²) in [5.74, 6) is 3.21. The SMILES string of the molecule is COc1cccc2c1OC1=CC=CC3C(=O)N(CC4CC4)CCC123. The van der Waals surface area contributed by atoms with E-state index in [1.54, 1.807) is 7.11 Å². The smallest absolute Gasteiger partial charge is 0.230 e. The molecule has 2 atom stereocenters. The Kier molecular flexibility index (Phi) is 2.88. The highest BCUT2D eigenvalue weighted by atomic mass is 16.5. The fourth-order valence-corrected chi connectivity index (χ4v) is 4.51. The zero-order valence-corrected chi connectivity index (χ0v) is 13.8. The van der Waals surface area contributed by atoms with Crippen molar-refractivity contribution in [3.8, 4) is 11.5 Å². The Morgan fingerprint density at radius 2 is 2.25 bits per heavy atom. The number of nitrogens with zero attached hydrogens (tertiary/aromatic N) is 1. The average molecular weight is 323 g/mol. The number of amides is 1. The molecule has 1 saturated carbocycles. The molecule has 24 heavy (non-hydrogen) atoms. The Morgan fingerprint density at radius 1 is 1.38 bits per heavy atom. The number of fused-ring (bicyclic) bond motifs is 1. The highest BCUT2D eigenvalue weighted by molar-refractivity contribution is 5.86. The minimum atomic E-state index is -0.351. The van der Waals surface area contributed by atoms with E-state index < -0.39 is 0 Å². The lowest BCUT2D eigenvalue weighted by Crippen LogP contribution is -2.54. The largest absolute Gasteiger partial charge is 0.493 e. The van der Waals surface area contributed by atoms with Gasteiger partial charge in [0.05, 0.1) is 18.4 Å². The third-order valence-electron chi connectivity index (χ3n) is 5.94. The standard InChI is InChI=1S/C20H21NO3/c1-23-16-6-2-4-14-18(16)24-17-7-3-5-15-19(22)21(12-13-8-9-13)11-10-20(14,15)17/h2-7,13,15H,8-12H2,1H3. The molecule has 0 bridgehead atoms. The molecule has 1 aromatic rings. The van der Waals surface area contributed by atoms with Crippen LogP contribution in [0.2, 0.25) is 0 Å². The van der Waals surface area contributed by atoms with E-state index >= 15 is 0 Å². The maximum absolute atomic E-state index is 13.2. The fraction of sp³-hybridized carbons (Fsp3) is 0.450. The lowest BCUT2D eigenvalue weighted by atomic mass is 9.63. The summed E-state index contributed by atoms with van der Waals surface area (Å²) in [4.78, 5) is 15.3. The monoisotopic (exact) mass is 323 g/mol. The zero-order chi connectivity index (χ0) is 16.3. The van der Waals surface area contributed by atoms with Crippen molar-refractivity contribution in [3.63, 3.8) is 0 Å². The van der Waals surface area contributed by atoms with Gasteiger partial charge in [-0.05, 0) is 37.3 Å². The van der Waals surface area contributed by atoms with E-state index in [2.05, 4.69) is 17.0 Å². The molecule has 4 heteroatoms. The van der Waals surface area contributed by atoms with Crippen LogP contribution in [-0.4, -0.2) is 31.0 Å². The van der Waals surface area contributed by atoms with Crippen LogP contribution in [0, 0.1) is 11.8 Å². The first-order chi connectivity index (χ1) is 11.7. The fourth-order valence-electron chi connectivity index (χ4n) is 4.51. The van der Waals surface area contributed by atoms with Crippen LogP contribution >= 0.6 is 0 Å². The van der Waals surface area contributed by atoms with Gasteiger partial charge in [0.25, 0.3) is 0 Å². The Balaban J connectivity index is 1.59. The van der Waals surface area contributed by atoms with Crippen LogP contribution in [0.3, 0.4) is 0 Å². The third-order valence-corrected chi connectivity index (χ3v) is 5.94. The lowest BCUT2D eigenvalue weighted by Gasteiger charge is -2.45. The summed E-state index contributed by atoms with van der Waals surface area (Å²) in [7, 11) is 1.66.